The van der Waals surface area contributed by atoms with Crippen LogP contribution < -0.4 is 9.47 Å². The number of unbranched alkanes of at least 4 members (excludes halogenated alkanes) is 2. The molecule has 0 fully saturated rings. The van der Waals surface area contributed by atoms with Crippen LogP contribution in [0.25, 0.3) is 11.0 Å². The summed E-state index contributed by atoms with van der Waals surface area (Å²) in [5, 5.41) is 9.97. The maximum absolute atomic E-state index is 11.4. The first-order valence-corrected chi connectivity index (χ1v) is 10.9. The Hall–Kier alpha value is -2.73. The highest BCUT2D eigenvalue weighted by Crippen LogP contribution is 2.28. The second-order valence-corrected chi connectivity index (χ2v) is 8.53. The van der Waals surface area contributed by atoms with Crippen LogP contribution in [0.2, 0.25) is 5.02 Å². The van der Waals surface area contributed by atoms with Crippen LogP contribution in [-0.4, -0.2) is 32.8 Å². The fraction of sp³-hybridized carbons (Fsp3) is 0.417. The summed E-state index contributed by atoms with van der Waals surface area (Å²) < 4.78 is 13.5. The summed E-state index contributed by atoms with van der Waals surface area (Å²) in [6.07, 6.45) is 3.33. The van der Waals surface area contributed by atoms with Gasteiger partial charge in [-0.05, 0) is 57.0 Å². The molecule has 2 aromatic carbocycles. The minimum atomic E-state index is -1.33. The van der Waals surface area contributed by atoms with Crippen molar-refractivity contribution in [2.75, 3.05) is 6.61 Å². The highest BCUT2D eigenvalue weighted by molar-refractivity contribution is 6.31. The second kappa shape index (κ2) is 9.60. The summed E-state index contributed by atoms with van der Waals surface area (Å²) in [4.78, 5) is 16.0. The Kier molecular flexibility index (Phi) is 7.11. The van der Waals surface area contributed by atoms with Gasteiger partial charge in [0.05, 0.1) is 24.2 Å². The molecule has 0 aliphatic carbocycles. The van der Waals surface area contributed by atoms with Crippen molar-refractivity contribution in [3.05, 3.63) is 52.8 Å². The quantitative estimate of drug-likeness (QED) is 0.396. The Bertz CT molecular complexity index is 1070. The molecular weight excluding hydrogens is 416 g/mol. The van der Waals surface area contributed by atoms with Crippen molar-refractivity contribution in [3.63, 3.8) is 0 Å². The molecule has 7 heteroatoms. The largest absolute Gasteiger partial charge is 0.494 e. The van der Waals surface area contributed by atoms with E-state index in [2.05, 4.69) is 11.9 Å². The van der Waals surface area contributed by atoms with E-state index in [4.69, 9.17) is 21.1 Å². The van der Waals surface area contributed by atoms with Crippen molar-refractivity contribution in [3.8, 4) is 11.5 Å². The van der Waals surface area contributed by atoms with E-state index in [0.29, 0.717) is 23.9 Å². The number of hydrogen-bond acceptors (Lipinski definition) is 4. The number of aliphatic carboxylic acids is 1. The fourth-order valence-corrected chi connectivity index (χ4v) is 3.51. The number of benzene rings is 2. The lowest BCUT2D eigenvalue weighted by Crippen LogP contribution is -2.37. The van der Waals surface area contributed by atoms with E-state index in [9.17, 15) is 9.90 Å². The molecule has 3 aromatic rings. The maximum atomic E-state index is 11.4. The minimum absolute atomic E-state index is 0.475. The summed E-state index contributed by atoms with van der Waals surface area (Å²) >= 11 is 6.54. The number of halogens is 1. The molecule has 0 aliphatic heterocycles. The molecule has 0 saturated carbocycles. The average Bonchev–Trinajstić information content (AvgIpc) is 3.01. The monoisotopic (exact) mass is 444 g/mol. The number of aryl methyl sites for hydroxylation is 1. The number of ether oxygens (including phenoxy) is 2. The molecule has 3 rings (SSSR count). The van der Waals surface area contributed by atoms with Gasteiger partial charge in [0.25, 0.3) is 0 Å². The smallest absolute Gasteiger partial charge is 0.347 e. The van der Waals surface area contributed by atoms with Crippen molar-refractivity contribution in [1.29, 1.82) is 0 Å². The van der Waals surface area contributed by atoms with E-state index in [0.717, 1.165) is 47.4 Å². The number of carboxylic acids is 1. The van der Waals surface area contributed by atoms with Crippen LogP contribution >= 0.6 is 11.6 Å². The predicted octanol–water partition coefficient (Wildman–Crippen LogP) is 5.86. The normalized spacial score (nSPS) is 11.6. The number of carboxylic acid groups (broad SMARTS) is 1. The third-order valence-corrected chi connectivity index (χ3v) is 5.52. The molecule has 0 aliphatic rings. The van der Waals surface area contributed by atoms with Crippen LogP contribution in [0.15, 0.2) is 36.4 Å². The number of imidazole rings is 1. The number of carbonyl (C=O) groups is 1. The molecule has 0 spiro atoms. The van der Waals surface area contributed by atoms with Crippen LogP contribution in [0, 0.1) is 6.92 Å². The van der Waals surface area contributed by atoms with Crippen molar-refractivity contribution in [2.45, 2.75) is 59.1 Å². The zero-order valence-electron chi connectivity index (χ0n) is 18.4. The third kappa shape index (κ3) is 5.50. The molecule has 0 radical (unpaired) electrons. The number of fused-ring (bicyclic) bond motifs is 1. The summed E-state index contributed by atoms with van der Waals surface area (Å²) in [6.45, 7) is 8.35. The van der Waals surface area contributed by atoms with Gasteiger partial charge < -0.3 is 19.1 Å². The lowest BCUT2D eigenvalue weighted by molar-refractivity contribution is -0.152. The molecular formula is C24H29ClN2O4. The van der Waals surface area contributed by atoms with Gasteiger partial charge in [-0.15, -0.1) is 0 Å². The van der Waals surface area contributed by atoms with Gasteiger partial charge in [0.15, 0.2) is 5.60 Å². The van der Waals surface area contributed by atoms with Crippen molar-refractivity contribution in [2.24, 2.45) is 0 Å². The number of hydrogen-bond donors (Lipinski definition) is 1. The van der Waals surface area contributed by atoms with Crippen LogP contribution in [-0.2, 0) is 11.3 Å². The van der Waals surface area contributed by atoms with Crippen LogP contribution in [0.1, 0.15) is 51.4 Å². The first-order chi connectivity index (χ1) is 14.7. The van der Waals surface area contributed by atoms with Gasteiger partial charge in [-0.25, -0.2) is 9.78 Å². The molecule has 6 nitrogen and oxygen atoms in total. The zero-order valence-corrected chi connectivity index (χ0v) is 19.2. The molecule has 0 atom stereocenters. The second-order valence-electron chi connectivity index (χ2n) is 8.12. The van der Waals surface area contributed by atoms with Crippen LogP contribution in [0.3, 0.4) is 0 Å². The average molecular weight is 445 g/mol. The highest BCUT2D eigenvalue weighted by Gasteiger charge is 2.29. The summed E-state index contributed by atoms with van der Waals surface area (Å²) in [7, 11) is 0. The van der Waals surface area contributed by atoms with Gasteiger partial charge in [0.2, 0.25) is 0 Å². The van der Waals surface area contributed by atoms with Gasteiger partial charge in [0.1, 0.15) is 17.3 Å². The Morgan fingerprint density at radius 3 is 2.58 bits per heavy atom. The molecule has 0 bridgehead atoms. The fourth-order valence-electron chi connectivity index (χ4n) is 3.28. The van der Waals surface area contributed by atoms with Crippen molar-refractivity contribution >= 4 is 28.6 Å². The van der Waals surface area contributed by atoms with E-state index in [1.807, 2.05) is 41.8 Å². The third-order valence-electron chi connectivity index (χ3n) is 5.17. The van der Waals surface area contributed by atoms with E-state index in [1.54, 1.807) is 6.07 Å². The number of nitrogens with zero attached hydrogens (tertiary/aromatic N) is 2. The highest BCUT2D eigenvalue weighted by atomic mass is 35.5. The van der Waals surface area contributed by atoms with Gasteiger partial charge in [-0.3, -0.25) is 0 Å². The number of rotatable bonds is 10. The Balaban J connectivity index is 1.83. The molecule has 31 heavy (non-hydrogen) atoms. The summed E-state index contributed by atoms with van der Waals surface area (Å²) in [5.41, 5.74) is 1.28. The van der Waals surface area contributed by atoms with Crippen molar-refractivity contribution in [1.82, 2.24) is 9.55 Å². The Labute approximate surface area is 187 Å². The lowest BCUT2D eigenvalue weighted by atomic mass is 10.1. The van der Waals surface area contributed by atoms with Gasteiger partial charge >= 0.3 is 5.97 Å². The van der Waals surface area contributed by atoms with Crippen LogP contribution in [0.4, 0.5) is 0 Å². The van der Waals surface area contributed by atoms with Crippen LogP contribution in [0.5, 0.6) is 11.5 Å². The van der Waals surface area contributed by atoms with E-state index in [-0.39, 0.29) is 0 Å². The Morgan fingerprint density at radius 1 is 1.16 bits per heavy atom. The van der Waals surface area contributed by atoms with Gasteiger partial charge in [-0.2, -0.15) is 0 Å². The molecule has 1 N–H and O–H groups in total. The summed E-state index contributed by atoms with van der Waals surface area (Å²) in [5.74, 6) is 1.05. The molecule has 0 unspecified atom stereocenters. The predicted molar refractivity (Wildman–Crippen MR) is 122 cm³/mol. The lowest BCUT2D eigenvalue weighted by Gasteiger charge is -2.21. The topological polar surface area (TPSA) is 73.6 Å². The SMILES string of the molecule is CCCCCOc1ccc(Cn2c(C)nc3ccc(OC(C)(C)C(=O)O)cc32)c(Cl)c1. The molecule has 1 aromatic heterocycles. The minimum Gasteiger partial charge on any atom is -0.494 e. The van der Waals surface area contributed by atoms with Gasteiger partial charge in [0, 0.05) is 11.1 Å². The first-order valence-electron chi connectivity index (χ1n) is 10.5. The van der Waals surface area contributed by atoms with E-state index >= 15 is 0 Å². The molecule has 166 valence electrons. The molecule has 0 amide bonds. The van der Waals surface area contributed by atoms with E-state index < -0.39 is 11.6 Å². The standard InChI is InChI=1S/C24H29ClN2O4/c1-5-6-7-12-30-18-9-8-17(20(25)13-18)15-27-16(2)26-21-11-10-19(14-22(21)27)31-24(3,4)23(28)29/h8-11,13-14H,5-7,12,15H2,1-4H3,(H,28,29). The molecule has 0 saturated heterocycles. The maximum Gasteiger partial charge on any atom is 0.347 e. The Morgan fingerprint density at radius 2 is 1.90 bits per heavy atom. The molecule has 1 heterocycles. The zero-order chi connectivity index (χ0) is 22.6. The first kappa shape index (κ1) is 22.9. The van der Waals surface area contributed by atoms with E-state index in [1.165, 1.54) is 13.8 Å². The van der Waals surface area contributed by atoms with Gasteiger partial charge in [-0.1, -0.05) is 37.4 Å². The van der Waals surface area contributed by atoms with Crippen molar-refractivity contribution < 1.29 is 19.4 Å². The number of aromatic nitrogens is 2. The summed E-state index contributed by atoms with van der Waals surface area (Å²) in [6, 6.07) is 11.1.